The van der Waals surface area contributed by atoms with Gasteiger partial charge in [-0.05, 0) is 32.1 Å². The van der Waals surface area contributed by atoms with E-state index in [2.05, 4.69) is 11.8 Å². The van der Waals surface area contributed by atoms with Crippen LogP contribution in [0.1, 0.15) is 71.6 Å². The van der Waals surface area contributed by atoms with Crippen LogP contribution in [0, 0.1) is 17.8 Å². The molecule has 0 N–H and O–H groups in total. The van der Waals surface area contributed by atoms with Crippen LogP contribution < -0.4 is 0 Å². The van der Waals surface area contributed by atoms with Crippen LogP contribution in [0.4, 0.5) is 0 Å². The molecule has 0 amide bonds. The van der Waals surface area contributed by atoms with Crippen LogP contribution in [0.15, 0.2) is 0 Å². The van der Waals surface area contributed by atoms with Gasteiger partial charge >= 0.3 is 0 Å². The largest absolute Gasteiger partial charge is 0.381 e. The molecule has 4 nitrogen and oxygen atoms in total. The highest BCUT2D eigenvalue weighted by atomic mass is 16.5. The number of ketones is 2. The molecule has 0 bridgehead atoms. The Bertz CT molecular complexity index is 431. The van der Waals surface area contributed by atoms with Gasteiger partial charge in [-0.1, -0.05) is 26.2 Å². The van der Waals surface area contributed by atoms with Gasteiger partial charge in [0.2, 0.25) is 0 Å². The molecule has 1 aliphatic rings. The summed E-state index contributed by atoms with van der Waals surface area (Å²) in [5.74, 6) is 6.72. The second-order valence-corrected chi connectivity index (χ2v) is 6.70. The summed E-state index contributed by atoms with van der Waals surface area (Å²) in [4.78, 5) is 23.3. The van der Waals surface area contributed by atoms with Crippen molar-refractivity contribution in [1.29, 1.82) is 0 Å². The van der Waals surface area contributed by atoms with E-state index in [1.807, 2.05) is 13.8 Å². The smallest absolute Gasteiger partial charge is 0.158 e. The second kappa shape index (κ2) is 13.1. The van der Waals surface area contributed by atoms with Gasteiger partial charge in [0.25, 0.3) is 0 Å². The fraction of sp³-hybridized carbons (Fsp3) is 0.800. The van der Waals surface area contributed by atoms with E-state index >= 15 is 0 Å². The molecule has 0 heterocycles. The third-order valence-electron chi connectivity index (χ3n) is 4.08. The quantitative estimate of drug-likeness (QED) is 0.403. The van der Waals surface area contributed by atoms with E-state index in [0.29, 0.717) is 32.5 Å². The lowest BCUT2D eigenvalue weighted by atomic mass is 10.1. The number of Topliss-reactive ketones (excluding diaryl/α,β-unsaturated/α-hetero) is 2. The summed E-state index contributed by atoms with van der Waals surface area (Å²) in [6, 6.07) is 0. The van der Waals surface area contributed by atoms with Gasteiger partial charge < -0.3 is 9.47 Å². The lowest BCUT2D eigenvalue weighted by molar-refractivity contribution is -0.125. The topological polar surface area (TPSA) is 52.6 Å². The van der Waals surface area contributed by atoms with Crippen LogP contribution in [-0.4, -0.2) is 37.5 Å². The minimum Gasteiger partial charge on any atom is -0.381 e. The van der Waals surface area contributed by atoms with Crippen molar-refractivity contribution in [2.75, 3.05) is 19.8 Å². The Balaban J connectivity index is 1.99. The average molecular weight is 336 g/mol. The lowest BCUT2D eigenvalue weighted by Crippen LogP contribution is -2.18. The molecule has 0 aromatic heterocycles. The molecule has 0 saturated heterocycles. The van der Waals surface area contributed by atoms with E-state index in [9.17, 15) is 9.59 Å². The van der Waals surface area contributed by atoms with Crippen molar-refractivity contribution in [2.45, 2.75) is 77.7 Å². The number of carbonyl (C=O) groups is 2. The van der Waals surface area contributed by atoms with Crippen molar-refractivity contribution in [3.8, 4) is 11.8 Å². The minimum absolute atomic E-state index is 0.0796. The van der Waals surface area contributed by atoms with Crippen molar-refractivity contribution in [2.24, 2.45) is 5.92 Å². The molecular weight excluding hydrogens is 304 g/mol. The van der Waals surface area contributed by atoms with Gasteiger partial charge in [-0.3, -0.25) is 9.59 Å². The van der Waals surface area contributed by atoms with Crippen LogP contribution >= 0.6 is 0 Å². The molecule has 0 fully saturated rings. The molecule has 0 radical (unpaired) electrons. The van der Waals surface area contributed by atoms with E-state index in [4.69, 9.17) is 9.47 Å². The molecule has 0 aliphatic heterocycles. The summed E-state index contributed by atoms with van der Waals surface area (Å²) < 4.78 is 11.1. The third kappa shape index (κ3) is 10.6. The molecule has 1 aliphatic carbocycles. The van der Waals surface area contributed by atoms with Crippen LogP contribution in [0.2, 0.25) is 0 Å². The minimum atomic E-state index is -0.0796. The molecule has 0 aromatic carbocycles. The maximum atomic E-state index is 11.8. The number of carbonyl (C=O) groups excluding carboxylic acids is 2. The zero-order valence-electron chi connectivity index (χ0n) is 15.3. The Kier molecular flexibility index (Phi) is 11.4. The Morgan fingerprint density at radius 3 is 2.58 bits per heavy atom. The summed E-state index contributed by atoms with van der Waals surface area (Å²) in [6.45, 7) is 5.13. The predicted molar refractivity (Wildman–Crippen MR) is 94.7 cm³/mol. The van der Waals surface area contributed by atoms with Crippen molar-refractivity contribution >= 4 is 11.6 Å². The van der Waals surface area contributed by atoms with Gasteiger partial charge in [-0.2, -0.15) is 0 Å². The van der Waals surface area contributed by atoms with Crippen molar-refractivity contribution < 1.29 is 19.1 Å². The molecule has 1 rings (SSSR count). The van der Waals surface area contributed by atoms with E-state index in [1.165, 1.54) is 12.8 Å². The summed E-state index contributed by atoms with van der Waals surface area (Å²) in [6.07, 6.45) is 7.80. The van der Waals surface area contributed by atoms with E-state index in [1.54, 1.807) is 0 Å². The second-order valence-electron chi connectivity index (χ2n) is 6.70. The van der Waals surface area contributed by atoms with Crippen LogP contribution in [0.25, 0.3) is 0 Å². The van der Waals surface area contributed by atoms with Crippen molar-refractivity contribution in [3.63, 3.8) is 0 Å². The predicted octanol–water partition coefficient (Wildman–Crippen LogP) is 3.71. The third-order valence-corrected chi connectivity index (χ3v) is 4.08. The molecular formula is C20H32O4. The molecule has 0 saturated carbocycles. The Hall–Kier alpha value is -1.18. The van der Waals surface area contributed by atoms with Crippen LogP contribution in [-0.2, 0) is 19.1 Å². The number of hydrogen-bond acceptors (Lipinski definition) is 4. The van der Waals surface area contributed by atoms with Gasteiger partial charge in [-0.25, -0.2) is 0 Å². The van der Waals surface area contributed by atoms with Crippen molar-refractivity contribution in [1.82, 2.24) is 0 Å². The summed E-state index contributed by atoms with van der Waals surface area (Å²) >= 11 is 0. The number of hydrogen-bond donors (Lipinski definition) is 0. The van der Waals surface area contributed by atoms with Gasteiger partial charge in [0.15, 0.2) is 5.78 Å². The first kappa shape index (κ1) is 20.9. The lowest BCUT2D eigenvalue weighted by Gasteiger charge is -2.13. The highest BCUT2D eigenvalue weighted by molar-refractivity contribution is 5.80. The Morgan fingerprint density at radius 1 is 1.08 bits per heavy atom. The monoisotopic (exact) mass is 336 g/mol. The molecule has 0 spiro atoms. The van der Waals surface area contributed by atoms with Gasteiger partial charge in [-0.15, -0.1) is 5.92 Å². The zero-order chi connectivity index (χ0) is 17.6. The van der Waals surface area contributed by atoms with Crippen LogP contribution in [0.5, 0.6) is 0 Å². The fourth-order valence-electron chi connectivity index (χ4n) is 2.48. The molecule has 136 valence electrons. The molecule has 4 heteroatoms. The first-order valence-electron chi connectivity index (χ1n) is 9.31. The molecule has 1 atom stereocenters. The first-order valence-corrected chi connectivity index (χ1v) is 9.31. The summed E-state index contributed by atoms with van der Waals surface area (Å²) in [5.41, 5.74) is 0. The Morgan fingerprint density at radius 2 is 1.83 bits per heavy atom. The highest BCUT2D eigenvalue weighted by Gasteiger charge is 2.10. The van der Waals surface area contributed by atoms with E-state index < -0.39 is 0 Å². The number of ether oxygens (including phenoxy) is 2. The van der Waals surface area contributed by atoms with E-state index in [0.717, 1.165) is 25.7 Å². The maximum absolute atomic E-state index is 11.8. The standard InChI is InChI=1S/C20H32O4/c1-17(2)20(22)13-9-15-23-14-8-10-18(21)16-24-19-11-6-4-3-5-7-12-19/h17,19H,3-6,8-11,13-16H2,1-2H3. The van der Waals surface area contributed by atoms with Crippen molar-refractivity contribution in [3.05, 3.63) is 0 Å². The summed E-state index contributed by atoms with van der Waals surface area (Å²) in [7, 11) is 0. The fourth-order valence-corrected chi connectivity index (χ4v) is 2.48. The maximum Gasteiger partial charge on any atom is 0.158 e. The Labute approximate surface area is 146 Å². The number of rotatable bonds is 12. The molecule has 24 heavy (non-hydrogen) atoms. The first-order chi connectivity index (χ1) is 11.6. The normalized spacial score (nSPS) is 17.7. The summed E-state index contributed by atoms with van der Waals surface area (Å²) in [5, 5.41) is 0. The highest BCUT2D eigenvalue weighted by Crippen LogP contribution is 2.11. The van der Waals surface area contributed by atoms with Crippen LogP contribution in [0.3, 0.4) is 0 Å². The van der Waals surface area contributed by atoms with Gasteiger partial charge in [0, 0.05) is 38.4 Å². The zero-order valence-corrected chi connectivity index (χ0v) is 15.3. The van der Waals surface area contributed by atoms with Gasteiger partial charge in [0.1, 0.15) is 18.5 Å². The van der Waals surface area contributed by atoms with E-state index in [-0.39, 0.29) is 30.2 Å². The molecule has 1 unspecified atom stereocenters. The average Bonchev–Trinajstić information content (AvgIpc) is 2.52. The van der Waals surface area contributed by atoms with Gasteiger partial charge in [0.05, 0.1) is 0 Å². The molecule has 0 aromatic rings. The SMILES string of the molecule is CC(C)C(=O)CCCOCCCC(=O)COC1C#CCCCCC1.